The van der Waals surface area contributed by atoms with Crippen LogP contribution in [0.4, 0.5) is 0 Å². The van der Waals surface area contributed by atoms with Gasteiger partial charge in [0, 0.05) is 43.4 Å². The number of hydrogen-bond acceptors (Lipinski definition) is 11. The molecule has 4 aliphatic rings. The minimum absolute atomic E-state index is 0.00948. The summed E-state index contributed by atoms with van der Waals surface area (Å²) in [4.78, 5) is 38.7. The molecule has 42 heavy (non-hydrogen) atoms. The third kappa shape index (κ3) is 4.11. The smallest absolute Gasteiger partial charge is 0.338 e. The normalized spacial score (nSPS) is 42.1. The second-order valence-corrected chi connectivity index (χ2v) is 13.1. The van der Waals surface area contributed by atoms with E-state index in [4.69, 9.17) is 18.9 Å². The van der Waals surface area contributed by atoms with E-state index < -0.39 is 82.3 Å². The molecule has 3 aliphatic carbocycles. The Kier molecular flexibility index (Phi) is 7.28. The Labute approximate surface area is 244 Å². The van der Waals surface area contributed by atoms with E-state index in [9.17, 15) is 34.8 Å². The molecule has 2 saturated carbocycles. The molecule has 1 aliphatic heterocycles. The highest BCUT2D eigenvalue weighted by Crippen LogP contribution is 2.65. The van der Waals surface area contributed by atoms with Crippen LogP contribution in [-0.4, -0.2) is 86.7 Å². The van der Waals surface area contributed by atoms with E-state index in [-0.39, 0.29) is 30.8 Å². The van der Waals surface area contributed by atoms with E-state index in [1.807, 2.05) is 0 Å². The van der Waals surface area contributed by atoms with E-state index >= 15 is 0 Å². The SMILES string of the molecule is CC(=O)OC1CC2OCC2(OC(C)=O)C2C(OC(=O)c3ccccc3)C3(O)CC(O)=C(C)C(C(O)C(O)C12C)C3(C)C. The fraction of sp³-hybridized carbons (Fsp3) is 0.645. The molecule has 3 fully saturated rings. The Balaban J connectivity index is 1.83. The minimum atomic E-state index is -2.07. The van der Waals surface area contributed by atoms with Gasteiger partial charge in [0.25, 0.3) is 0 Å². The molecule has 230 valence electrons. The molecule has 1 heterocycles. The molecule has 0 spiro atoms. The van der Waals surface area contributed by atoms with Gasteiger partial charge >= 0.3 is 17.9 Å². The fourth-order valence-corrected chi connectivity index (χ4v) is 8.37. The van der Waals surface area contributed by atoms with Gasteiger partial charge in [0.15, 0.2) is 5.60 Å². The maximum absolute atomic E-state index is 13.7. The lowest BCUT2D eigenvalue weighted by Gasteiger charge is -2.69. The van der Waals surface area contributed by atoms with Gasteiger partial charge in [0.05, 0.1) is 36.1 Å². The van der Waals surface area contributed by atoms with Gasteiger partial charge in [0.2, 0.25) is 0 Å². The highest BCUT2D eigenvalue weighted by molar-refractivity contribution is 5.89. The number of rotatable bonds is 4. The Morgan fingerprint density at radius 1 is 1.00 bits per heavy atom. The predicted octanol–water partition coefficient (Wildman–Crippen LogP) is 2.22. The standard InChI is InChI=1S/C31H40O11/c1-15-19(34)13-31(38)26(41-27(37)18-10-8-7-9-11-18)24-29(6,25(36)23(35)22(15)28(31,4)5)20(40-16(2)32)12-21-30(24,14-39-21)42-17(3)33/h7-11,20-26,34-36,38H,12-14H2,1-6H3. The van der Waals surface area contributed by atoms with Crippen molar-refractivity contribution >= 4 is 17.9 Å². The first-order chi connectivity index (χ1) is 19.5. The number of aliphatic hydroxyl groups excluding tert-OH is 3. The monoisotopic (exact) mass is 588 g/mol. The summed E-state index contributed by atoms with van der Waals surface area (Å²) in [5.41, 5.74) is -6.00. The summed E-state index contributed by atoms with van der Waals surface area (Å²) in [5.74, 6) is -4.61. The zero-order valence-corrected chi connectivity index (χ0v) is 24.7. The molecule has 10 atom stereocenters. The van der Waals surface area contributed by atoms with Crippen molar-refractivity contribution < 1.29 is 53.8 Å². The summed E-state index contributed by atoms with van der Waals surface area (Å²) in [5, 5.41) is 48.0. The summed E-state index contributed by atoms with van der Waals surface area (Å²) in [6.45, 7) is 8.81. The van der Waals surface area contributed by atoms with Crippen molar-refractivity contribution in [2.45, 2.75) is 96.1 Å². The third-order valence-corrected chi connectivity index (χ3v) is 10.6. The molecule has 1 aromatic rings. The molecule has 1 aromatic carbocycles. The quantitative estimate of drug-likeness (QED) is 0.301. The summed E-state index contributed by atoms with van der Waals surface area (Å²) in [6, 6.07) is 8.12. The Morgan fingerprint density at radius 2 is 1.64 bits per heavy atom. The number of hydrogen-bond donors (Lipinski definition) is 4. The lowest BCUT2D eigenvalue weighted by molar-refractivity contribution is -0.371. The largest absolute Gasteiger partial charge is 0.512 e. The second-order valence-electron chi connectivity index (χ2n) is 13.1. The number of fused-ring (bicyclic) bond motifs is 5. The van der Waals surface area contributed by atoms with Crippen molar-refractivity contribution in [3.63, 3.8) is 0 Å². The number of ether oxygens (including phenoxy) is 4. The third-order valence-electron chi connectivity index (χ3n) is 10.6. The minimum Gasteiger partial charge on any atom is -0.512 e. The number of aliphatic hydroxyl groups is 4. The first-order valence-electron chi connectivity index (χ1n) is 14.2. The number of benzene rings is 1. The van der Waals surface area contributed by atoms with Crippen molar-refractivity contribution in [2.75, 3.05) is 6.61 Å². The van der Waals surface area contributed by atoms with Crippen molar-refractivity contribution in [1.82, 2.24) is 0 Å². The molecule has 0 amide bonds. The van der Waals surface area contributed by atoms with Crippen LogP contribution >= 0.6 is 0 Å². The van der Waals surface area contributed by atoms with Crippen LogP contribution in [0.5, 0.6) is 0 Å². The predicted molar refractivity (Wildman–Crippen MR) is 146 cm³/mol. The van der Waals surface area contributed by atoms with Gasteiger partial charge in [-0.25, -0.2) is 4.79 Å². The van der Waals surface area contributed by atoms with Crippen LogP contribution in [0.3, 0.4) is 0 Å². The van der Waals surface area contributed by atoms with Crippen LogP contribution in [0.15, 0.2) is 41.7 Å². The molecule has 1 saturated heterocycles. The Morgan fingerprint density at radius 3 is 2.19 bits per heavy atom. The molecule has 0 radical (unpaired) electrons. The summed E-state index contributed by atoms with van der Waals surface area (Å²) >= 11 is 0. The topological polar surface area (TPSA) is 169 Å². The lowest BCUT2D eigenvalue weighted by atomic mass is 9.43. The summed E-state index contributed by atoms with van der Waals surface area (Å²) < 4.78 is 23.8. The van der Waals surface area contributed by atoms with E-state index in [0.717, 1.165) is 0 Å². The molecular weight excluding hydrogens is 548 g/mol. The fourth-order valence-electron chi connectivity index (χ4n) is 8.37. The molecule has 2 bridgehead atoms. The van der Waals surface area contributed by atoms with Crippen LogP contribution in [-0.2, 0) is 28.5 Å². The number of esters is 3. The number of carbonyl (C=O) groups is 3. The van der Waals surface area contributed by atoms with E-state index in [0.29, 0.717) is 5.57 Å². The number of carbonyl (C=O) groups excluding carboxylic acids is 3. The van der Waals surface area contributed by atoms with E-state index in [1.54, 1.807) is 58.0 Å². The second kappa shape index (κ2) is 10.0. The van der Waals surface area contributed by atoms with Crippen LogP contribution in [0.2, 0.25) is 0 Å². The van der Waals surface area contributed by atoms with Crippen molar-refractivity contribution in [3.8, 4) is 0 Å². The average molecular weight is 589 g/mol. The van der Waals surface area contributed by atoms with Crippen molar-refractivity contribution in [1.29, 1.82) is 0 Å². The average Bonchev–Trinajstić information content (AvgIpc) is 2.90. The molecule has 11 heteroatoms. The maximum Gasteiger partial charge on any atom is 0.338 e. The summed E-state index contributed by atoms with van der Waals surface area (Å²) in [6.07, 6.45) is -7.07. The van der Waals surface area contributed by atoms with Crippen LogP contribution in [0.1, 0.15) is 64.7 Å². The zero-order chi connectivity index (χ0) is 31.0. The lowest BCUT2D eigenvalue weighted by Crippen LogP contribution is -2.83. The van der Waals surface area contributed by atoms with Crippen molar-refractivity contribution in [3.05, 3.63) is 47.2 Å². The van der Waals surface area contributed by atoms with Gasteiger partial charge in [-0.1, -0.05) is 39.0 Å². The first-order valence-corrected chi connectivity index (χ1v) is 14.2. The van der Waals surface area contributed by atoms with Gasteiger partial charge in [-0.2, -0.15) is 0 Å². The Hall–Kier alpha value is -2.99. The van der Waals surface area contributed by atoms with Gasteiger partial charge in [-0.05, 0) is 24.6 Å². The molecule has 0 aromatic heterocycles. The van der Waals surface area contributed by atoms with Crippen LogP contribution in [0.25, 0.3) is 0 Å². The van der Waals surface area contributed by atoms with Crippen LogP contribution < -0.4 is 0 Å². The van der Waals surface area contributed by atoms with Gasteiger partial charge < -0.3 is 39.4 Å². The Bertz CT molecular complexity index is 1310. The molecule has 10 unspecified atom stereocenters. The van der Waals surface area contributed by atoms with E-state index in [1.165, 1.54) is 13.8 Å². The molecule has 5 rings (SSSR count). The van der Waals surface area contributed by atoms with Gasteiger partial charge in [-0.3, -0.25) is 9.59 Å². The molecular formula is C31H40O11. The highest BCUT2D eigenvalue weighted by Gasteiger charge is 2.78. The van der Waals surface area contributed by atoms with Gasteiger partial charge in [0.1, 0.15) is 23.9 Å². The van der Waals surface area contributed by atoms with Gasteiger partial charge in [-0.15, -0.1) is 0 Å². The highest BCUT2D eigenvalue weighted by atomic mass is 16.6. The first kappa shape index (κ1) is 30.5. The molecule has 4 N–H and O–H groups in total. The molecule has 11 nitrogen and oxygen atoms in total. The summed E-state index contributed by atoms with van der Waals surface area (Å²) in [7, 11) is 0. The zero-order valence-electron chi connectivity index (χ0n) is 24.7. The van der Waals surface area contributed by atoms with Crippen molar-refractivity contribution in [2.24, 2.45) is 22.7 Å². The van der Waals surface area contributed by atoms with E-state index in [2.05, 4.69) is 0 Å². The maximum atomic E-state index is 13.7. The van der Waals surface area contributed by atoms with Crippen LogP contribution in [0, 0.1) is 22.7 Å².